The number of halogens is 5. The first-order chi connectivity index (χ1) is 18.1. The fourth-order valence-corrected chi connectivity index (χ4v) is 4.90. The maximum atomic E-state index is 13.2. The fourth-order valence-electron chi connectivity index (χ4n) is 4.64. The number of primary amides is 1. The summed E-state index contributed by atoms with van der Waals surface area (Å²) in [4.78, 5) is 26.6. The number of hydrogen-bond donors (Lipinski definition) is 2. The van der Waals surface area contributed by atoms with E-state index in [9.17, 15) is 22.8 Å². The molecule has 0 aliphatic carbocycles. The van der Waals surface area contributed by atoms with Crippen LogP contribution < -0.4 is 15.8 Å². The van der Waals surface area contributed by atoms with Crippen LogP contribution in [0.2, 0.25) is 5.02 Å². The molecule has 11 heteroatoms. The zero-order chi connectivity index (χ0) is 27.3. The summed E-state index contributed by atoms with van der Waals surface area (Å²) in [6, 6.07) is 20.2. The summed E-state index contributed by atoms with van der Waals surface area (Å²) < 4.78 is 45.7. The van der Waals surface area contributed by atoms with E-state index < -0.39 is 18.0 Å². The molecule has 0 bridgehead atoms. The SMILES string of the molecule is Cl.NC(=O)c1cc(Cl)c(NC(=O)C(F)(F)F)c(C2CCN(Cc3ccccc3)CC2)c1OCc1ccccc1. The zero-order valence-electron chi connectivity index (χ0n) is 20.8. The Morgan fingerprint density at radius 1 is 1.00 bits per heavy atom. The van der Waals surface area contributed by atoms with Gasteiger partial charge in [0.25, 0.3) is 5.91 Å². The Morgan fingerprint density at radius 3 is 2.10 bits per heavy atom. The van der Waals surface area contributed by atoms with E-state index in [1.807, 2.05) is 66.0 Å². The molecule has 6 nitrogen and oxygen atoms in total. The number of rotatable bonds is 8. The van der Waals surface area contributed by atoms with E-state index in [-0.39, 0.29) is 52.5 Å². The number of piperidine rings is 1. The van der Waals surface area contributed by atoms with Crippen molar-refractivity contribution in [2.24, 2.45) is 5.73 Å². The molecule has 1 fully saturated rings. The van der Waals surface area contributed by atoms with Crippen molar-refractivity contribution in [2.45, 2.75) is 38.1 Å². The number of carbonyl (C=O) groups is 2. The van der Waals surface area contributed by atoms with Gasteiger partial charge in [0.15, 0.2) is 0 Å². The lowest BCUT2D eigenvalue weighted by Crippen LogP contribution is -2.34. The van der Waals surface area contributed by atoms with Crippen molar-refractivity contribution in [2.75, 3.05) is 18.4 Å². The smallest absolute Gasteiger partial charge is 0.471 e. The summed E-state index contributed by atoms with van der Waals surface area (Å²) in [5.41, 5.74) is 7.53. The second-order valence-electron chi connectivity index (χ2n) is 9.15. The summed E-state index contributed by atoms with van der Waals surface area (Å²) in [5, 5.41) is 1.71. The molecular weight excluding hydrogens is 554 g/mol. The van der Waals surface area contributed by atoms with Crippen LogP contribution >= 0.6 is 24.0 Å². The molecule has 3 aromatic rings. The third kappa shape index (κ3) is 7.65. The highest BCUT2D eigenvalue weighted by Crippen LogP contribution is 2.45. The minimum Gasteiger partial charge on any atom is -0.488 e. The van der Waals surface area contributed by atoms with Crippen LogP contribution in [0.25, 0.3) is 0 Å². The normalized spacial score (nSPS) is 14.4. The summed E-state index contributed by atoms with van der Waals surface area (Å²) in [7, 11) is 0. The Morgan fingerprint density at radius 2 is 1.56 bits per heavy atom. The highest BCUT2D eigenvalue weighted by Gasteiger charge is 2.40. The van der Waals surface area contributed by atoms with Crippen LogP contribution in [0.3, 0.4) is 0 Å². The Hall–Kier alpha value is -3.27. The molecule has 1 aliphatic rings. The number of nitrogens with one attached hydrogen (secondary N) is 1. The average molecular weight is 582 g/mol. The standard InChI is InChI=1S/C28H27ClF3N3O3.ClH/c29-22-15-21(26(33)36)25(38-17-19-9-5-2-6-10-19)23(24(22)34-27(37)28(30,31)32)20-11-13-35(14-12-20)16-18-7-3-1-4-8-18;/h1-10,15,20H,11-14,16-17H2,(H2,33,36)(H,34,37);1H. The third-order valence-corrected chi connectivity index (χ3v) is 6.80. The van der Waals surface area contributed by atoms with E-state index in [4.69, 9.17) is 22.1 Å². The molecular formula is C28H28Cl2F3N3O3. The van der Waals surface area contributed by atoms with E-state index in [1.54, 1.807) is 0 Å². The molecule has 1 saturated heterocycles. The lowest BCUT2D eigenvalue weighted by molar-refractivity contribution is -0.167. The topological polar surface area (TPSA) is 84.7 Å². The van der Waals surface area contributed by atoms with Crippen LogP contribution in [-0.4, -0.2) is 36.0 Å². The Balaban J connectivity index is 0.00000420. The van der Waals surface area contributed by atoms with Crippen molar-refractivity contribution in [1.29, 1.82) is 0 Å². The van der Waals surface area contributed by atoms with Crippen molar-refractivity contribution in [3.63, 3.8) is 0 Å². The minimum absolute atomic E-state index is 0. The minimum atomic E-state index is -5.13. The highest BCUT2D eigenvalue weighted by molar-refractivity contribution is 6.34. The molecule has 0 saturated carbocycles. The molecule has 0 unspecified atom stereocenters. The number of anilines is 1. The number of nitrogens with zero attached hydrogens (tertiary/aromatic N) is 1. The lowest BCUT2D eigenvalue weighted by atomic mass is 9.86. The van der Waals surface area contributed by atoms with E-state index >= 15 is 0 Å². The molecule has 2 amide bonds. The monoisotopic (exact) mass is 581 g/mol. The second kappa shape index (κ2) is 13.2. The van der Waals surface area contributed by atoms with Gasteiger partial charge in [0.1, 0.15) is 12.4 Å². The Labute approximate surface area is 235 Å². The molecule has 3 aromatic carbocycles. The van der Waals surface area contributed by atoms with E-state index in [1.165, 1.54) is 0 Å². The van der Waals surface area contributed by atoms with Crippen LogP contribution in [0.15, 0.2) is 66.7 Å². The summed E-state index contributed by atoms with van der Waals surface area (Å²) in [5.74, 6) is -3.31. The van der Waals surface area contributed by atoms with Gasteiger partial charge in [-0.15, -0.1) is 12.4 Å². The molecule has 208 valence electrons. The molecule has 0 atom stereocenters. The van der Waals surface area contributed by atoms with Crippen LogP contribution in [-0.2, 0) is 17.9 Å². The number of alkyl halides is 3. The van der Waals surface area contributed by atoms with Gasteiger partial charge >= 0.3 is 12.1 Å². The molecule has 3 N–H and O–H groups in total. The van der Waals surface area contributed by atoms with E-state index in [0.29, 0.717) is 25.9 Å². The first-order valence-corrected chi connectivity index (χ1v) is 12.5. The summed E-state index contributed by atoms with van der Waals surface area (Å²) in [6.07, 6.45) is -4.04. The molecule has 0 spiro atoms. The predicted molar refractivity (Wildman–Crippen MR) is 146 cm³/mol. The summed E-state index contributed by atoms with van der Waals surface area (Å²) >= 11 is 6.36. The van der Waals surface area contributed by atoms with Crippen molar-refractivity contribution >= 4 is 41.5 Å². The second-order valence-corrected chi connectivity index (χ2v) is 9.56. The van der Waals surface area contributed by atoms with Gasteiger partial charge in [0.05, 0.1) is 16.3 Å². The third-order valence-electron chi connectivity index (χ3n) is 6.50. The van der Waals surface area contributed by atoms with Crippen LogP contribution in [0, 0.1) is 0 Å². The van der Waals surface area contributed by atoms with E-state index in [0.717, 1.165) is 23.7 Å². The van der Waals surface area contributed by atoms with Gasteiger partial charge in [-0.2, -0.15) is 13.2 Å². The number of hydrogen-bond acceptors (Lipinski definition) is 4. The fraction of sp³-hybridized carbons (Fsp3) is 0.286. The molecule has 1 aliphatic heterocycles. The van der Waals surface area contributed by atoms with Crippen LogP contribution in [0.1, 0.15) is 45.8 Å². The van der Waals surface area contributed by atoms with Gasteiger partial charge in [-0.25, -0.2) is 0 Å². The number of likely N-dealkylation sites (tertiary alicyclic amines) is 1. The molecule has 4 rings (SSSR count). The van der Waals surface area contributed by atoms with Crippen molar-refractivity contribution in [1.82, 2.24) is 4.90 Å². The van der Waals surface area contributed by atoms with Crippen molar-refractivity contribution in [3.8, 4) is 5.75 Å². The number of amides is 2. The molecule has 39 heavy (non-hydrogen) atoms. The van der Waals surface area contributed by atoms with E-state index in [2.05, 4.69) is 4.90 Å². The number of ether oxygens (including phenoxy) is 1. The Bertz CT molecular complexity index is 1280. The average Bonchev–Trinajstić information content (AvgIpc) is 2.89. The van der Waals surface area contributed by atoms with Gasteiger partial charge in [0.2, 0.25) is 0 Å². The summed E-state index contributed by atoms with van der Waals surface area (Å²) in [6.45, 7) is 2.05. The van der Waals surface area contributed by atoms with Gasteiger partial charge in [-0.05, 0) is 49.0 Å². The van der Waals surface area contributed by atoms with Gasteiger partial charge in [-0.1, -0.05) is 72.3 Å². The first-order valence-electron chi connectivity index (χ1n) is 12.1. The predicted octanol–water partition coefficient (Wildman–Crippen LogP) is 6.32. The molecule has 0 radical (unpaired) electrons. The van der Waals surface area contributed by atoms with Crippen LogP contribution in [0.5, 0.6) is 5.75 Å². The van der Waals surface area contributed by atoms with Gasteiger partial charge in [-0.3, -0.25) is 14.5 Å². The lowest BCUT2D eigenvalue weighted by Gasteiger charge is -2.34. The number of carbonyl (C=O) groups excluding carboxylic acids is 2. The quantitative estimate of drug-likeness (QED) is 0.326. The van der Waals surface area contributed by atoms with Gasteiger partial charge in [0, 0.05) is 12.1 Å². The van der Waals surface area contributed by atoms with Gasteiger partial charge < -0.3 is 15.8 Å². The molecule has 1 heterocycles. The van der Waals surface area contributed by atoms with Crippen molar-refractivity contribution in [3.05, 3.63) is 94.0 Å². The number of benzene rings is 3. The first kappa shape index (κ1) is 30.3. The maximum absolute atomic E-state index is 13.2. The maximum Gasteiger partial charge on any atom is 0.471 e. The molecule has 0 aromatic heterocycles. The zero-order valence-corrected chi connectivity index (χ0v) is 22.4. The van der Waals surface area contributed by atoms with Crippen molar-refractivity contribution < 1.29 is 27.5 Å². The van der Waals surface area contributed by atoms with Crippen LogP contribution in [0.4, 0.5) is 18.9 Å². The Kier molecular flexibility index (Phi) is 10.2. The largest absolute Gasteiger partial charge is 0.488 e. The number of nitrogens with two attached hydrogens (primary N) is 1. The highest BCUT2D eigenvalue weighted by atomic mass is 35.5.